The van der Waals surface area contributed by atoms with E-state index >= 15 is 0 Å². The van der Waals surface area contributed by atoms with Crippen LogP contribution in [0, 0.1) is 17.8 Å². The van der Waals surface area contributed by atoms with E-state index in [1.807, 2.05) is 20.8 Å². The molecule has 8 nitrogen and oxygen atoms in total. The molecule has 208 valence electrons. The molecule has 0 saturated carbocycles. The molecule has 2 unspecified atom stereocenters. The fourth-order valence-electron chi connectivity index (χ4n) is 6.97. The number of hydrogen-bond acceptors (Lipinski definition) is 5. The maximum absolute atomic E-state index is 14.4. The fourth-order valence-corrected chi connectivity index (χ4v) is 6.97. The fraction of sp³-hybridized carbons (Fsp3) is 0.759. The van der Waals surface area contributed by atoms with Crippen LogP contribution >= 0.6 is 0 Å². The highest BCUT2D eigenvalue weighted by atomic mass is 16.5. The quantitative estimate of drug-likeness (QED) is 0.358. The summed E-state index contributed by atoms with van der Waals surface area (Å²) >= 11 is 0. The molecule has 3 fully saturated rings. The number of likely N-dealkylation sites (N-methyl/N-ethyl adjacent to an activating group) is 1. The van der Waals surface area contributed by atoms with Gasteiger partial charge >= 0.3 is 0 Å². The Bertz CT molecular complexity index is 893. The Morgan fingerprint density at radius 3 is 2.41 bits per heavy atom. The Morgan fingerprint density at radius 2 is 1.86 bits per heavy atom. The van der Waals surface area contributed by atoms with Crippen molar-refractivity contribution >= 4 is 17.7 Å². The Kier molecular flexibility index (Phi) is 9.27. The summed E-state index contributed by atoms with van der Waals surface area (Å²) < 4.78 is 6.87. The molecule has 8 heteroatoms. The molecule has 0 radical (unpaired) electrons. The lowest BCUT2D eigenvalue weighted by molar-refractivity contribution is -0.158. The maximum Gasteiger partial charge on any atom is 0.248 e. The molecule has 1 N–H and O–H groups in total. The van der Waals surface area contributed by atoms with Crippen LogP contribution in [0.5, 0.6) is 0 Å². The van der Waals surface area contributed by atoms with Crippen molar-refractivity contribution in [3.8, 4) is 0 Å². The van der Waals surface area contributed by atoms with Gasteiger partial charge in [0.1, 0.15) is 11.6 Å². The summed E-state index contributed by atoms with van der Waals surface area (Å²) in [6, 6.07) is -1.42. The highest BCUT2D eigenvalue weighted by molar-refractivity contribution is 5.99. The predicted molar refractivity (Wildman–Crippen MR) is 144 cm³/mol. The third-order valence-electron chi connectivity index (χ3n) is 9.19. The Labute approximate surface area is 222 Å². The average molecular weight is 518 g/mol. The number of amides is 3. The number of hydrogen-bond donors (Lipinski definition) is 1. The monoisotopic (exact) mass is 517 g/mol. The first kappa shape index (κ1) is 29.4. The predicted octanol–water partition coefficient (Wildman–Crippen LogP) is 3.01. The zero-order valence-corrected chi connectivity index (χ0v) is 23.4. The van der Waals surface area contributed by atoms with Crippen LogP contribution in [-0.2, 0) is 19.1 Å². The van der Waals surface area contributed by atoms with E-state index in [9.17, 15) is 19.5 Å². The molecule has 2 bridgehead atoms. The van der Waals surface area contributed by atoms with Crippen LogP contribution in [0.4, 0.5) is 0 Å². The summed E-state index contributed by atoms with van der Waals surface area (Å²) in [5.74, 6) is -2.03. The lowest BCUT2D eigenvalue weighted by Gasteiger charge is -2.41. The molecule has 0 aromatic rings. The number of rotatable bonds is 14. The van der Waals surface area contributed by atoms with Crippen molar-refractivity contribution in [3.05, 3.63) is 25.3 Å². The van der Waals surface area contributed by atoms with Crippen molar-refractivity contribution in [1.29, 1.82) is 0 Å². The minimum Gasteiger partial charge on any atom is -0.394 e. The number of unbranched alkanes of at least 4 members (excludes halogenated alkanes) is 1. The van der Waals surface area contributed by atoms with E-state index in [1.165, 1.54) is 0 Å². The molecule has 37 heavy (non-hydrogen) atoms. The van der Waals surface area contributed by atoms with E-state index in [0.29, 0.717) is 38.9 Å². The van der Waals surface area contributed by atoms with E-state index in [0.717, 1.165) is 19.3 Å². The van der Waals surface area contributed by atoms with Gasteiger partial charge in [-0.25, -0.2) is 0 Å². The number of aliphatic hydroxyl groups is 1. The maximum atomic E-state index is 14.4. The SMILES string of the molecule is C=CCN(C)C(=O)[C@H]1[C@H]2C(=O)N([C@@H](CO)[C@@H](C)CC)C(C(=O)N(CC=C)CCCC)C23CC[C@]1(CC)O3. The van der Waals surface area contributed by atoms with Crippen molar-refractivity contribution in [2.75, 3.05) is 33.3 Å². The first-order valence-corrected chi connectivity index (χ1v) is 14.0. The number of carbonyl (C=O) groups excluding carboxylic acids is 3. The van der Waals surface area contributed by atoms with Gasteiger partial charge in [-0.1, -0.05) is 52.7 Å². The second kappa shape index (κ2) is 11.7. The lowest BCUT2D eigenvalue weighted by atomic mass is 9.64. The molecular weight excluding hydrogens is 470 g/mol. The third-order valence-corrected chi connectivity index (χ3v) is 9.19. The van der Waals surface area contributed by atoms with Crippen LogP contribution in [0.2, 0.25) is 0 Å². The number of fused-ring (bicyclic) bond motifs is 1. The second-order valence-corrected chi connectivity index (χ2v) is 11.1. The largest absolute Gasteiger partial charge is 0.394 e. The van der Waals surface area contributed by atoms with Gasteiger partial charge in [0.05, 0.1) is 30.1 Å². The third kappa shape index (κ3) is 4.65. The standard InChI is InChI=1S/C29H47N3O5/c1-8-13-18-31(17-10-3)27(36)24-29-15-14-28(12-5,37-29)22(25(34)30(7)16-9-2)23(29)26(35)32(24)21(19-33)20(6)11-4/h9-10,20-24,33H,2-3,8,11-19H2,1,4-7H3/t20-,21-,22+,23-,24?,28-,29?/m0/s1. The Hall–Kier alpha value is -2.19. The first-order chi connectivity index (χ1) is 17.6. The zero-order valence-electron chi connectivity index (χ0n) is 23.4. The van der Waals surface area contributed by atoms with Gasteiger partial charge in [-0.2, -0.15) is 0 Å². The van der Waals surface area contributed by atoms with E-state index in [1.54, 1.807) is 33.9 Å². The molecule has 1 spiro atoms. The van der Waals surface area contributed by atoms with Crippen molar-refractivity contribution in [3.63, 3.8) is 0 Å². The average Bonchev–Trinajstić information content (AvgIpc) is 3.50. The van der Waals surface area contributed by atoms with Crippen molar-refractivity contribution < 1.29 is 24.2 Å². The van der Waals surface area contributed by atoms with Gasteiger partial charge in [0, 0.05) is 26.7 Å². The van der Waals surface area contributed by atoms with Crippen molar-refractivity contribution in [2.24, 2.45) is 17.8 Å². The van der Waals surface area contributed by atoms with Gasteiger partial charge in [0.2, 0.25) is 17.7 Å². The minimum absolute atomic E-state index is 0.0297. The van der Waals surface area contributed by atoms with E-state index in [-0.39, 0.29) is 30.2 Å². The summed E-state index contributed by atoms with van der Waals surface area (Å²) in [7, 11) is 1.72. The molecule has 3 saturated heterocycles. The highest BCUT2D eigenvalue weighted by Crippen LogP contribution is 2.65. The molecule has 3 aliphatic heterocycles. The first-order valence-electron chi connectivity index (χ1n) is 14.0. The molecule has 3 aliphatic rings. The molecule has 7 atom stereocenters. The summed E-state index contributed by atoms with van der Waals surface area (Å²) in [6.45, 7) is 16.7. The summed E-state index contributed by atoms with van der Waals surface area (Å²) in [5, 5.41) is 10.5. The highest BCUT2D eigenvalue weighted by Gasteiger charge is 2.79. The minimum atomic E-state index is -1.09. The van der Waals surface area contributed by atoms with Crippen molar-refractivity contribution in [1.82, 2.24) is 14.7 Å². The van der Waals surface area contributed by atoms with Crippen LogP contribution < -0.4 is 0 Å². The molecule has 3 rings (SSSR count). The normalized spacial score (nSPS) is 31.7. The topological polar surface area (TPSA) is 90.4 Å². The van der Waals surface area contributed by atoms with Crippen LogP contribution in [0.1, 0.15) is 66.2 Å². The zero-order chi connectivity index (χ0) is 27.5. The second-order valence-electron chi connectivity index (χ2n) is 11.1. The van der Waals surface area contributed by atoms with E-state index in [4.69, 9.17) is 4.74 Å². The summed E-state index contributed by atoms with van der Waals surface area (Å²) in [6.07, 6.45) is 7.61. The number of aliphatic hydroxyl groups excluding tert-OH is 1. The molecule has 3 heterocycles. The van der Waals surface area contributed by atoms with Gasteiger partial charge in [0.25, 0.3) is 0 Å². The van der Waals surface area contributed by atoms with Crippen LogP contribution in [0.25, 0.3) is 0 Å². The summed E-state index contributed by atoms with van der Waals surface area (Å²) in [4.78, 5) is 47.6. The molecular formula is C29H47N3O5. The van der Waals surface area contributed by atoms with Crippen LogP contribution in [0.15, 0.2) is 25.3 Å². The number of nitrogens with zero attached hydrogens (tertiary/aromatic N) is 3. The molecule has 0 aliphatic carbocycles. The van der Waals surface area contributed by atoms with E-state index < -0.39 is 35.1 Å². The van der Waals surface area contributed by atoms with Gasteiger partial charge in [-0.3, -0.25) is 14.4 Å². The van der Waals surface area contributed by atoms with Gasteiger partial charge in [0.15, 0.2) is 0 Å². The van der Waals surface area contributed by atoms with Crippen LogP contribution in [-0.4, -0.2) is 94.1 Å². The lowest BCUT2D eigenvalue weighted by Crippen LogP contribution is -2.60. The molecule has 0 aromatic heterocycles. The van der Waals surface area contributed by atoms with Gasteiger partial charge < -0.3 is 24.5 Å². The van der Waals surface area contributed by atoms with Gasteiger partial charge in [-0.05, 0) is 31.6 Å². The Morgan fingerprint density at radius 1 is 1.19 bits per heavy atom. The molecule has 0 aromatic carbocycles. The Balaban J connectivity index is 2.17. The number of ether oxygens (including phenoxy) is 1. The summed E-state index contributed by atoms with van der Waals surface area (Å²) in [5.41, 5.74) is -1.87. The molecule has 3 amide bonds. The van der Waals surface area contributed by atoms with Gasteiger partial charge in [-0.15, -0.1) is 13.2 Å². The van der Waals surface area contributed by atoms with Crippen molar-refractivity contribution in [2.45, 2.75) is 89.5 Å². The number of likely N-dealkylation sites (tertiary alicyclic amines) is 1. The van der Waals surface area contributed by atoms with Crippen LogP contribution in [0.3, 0.4) is 0 Å². The number of carbonyl (C=O) groups is 3. The van der Waals surface area contributed by atoms with E-state index in [2.05, 4.69) is 20.1 Å². The smallest absolute Gasteiger partial charge is 0.248 e.